The lowest BCUT2D eigenvalue weighted by atomic mass is 9.95. The van der Waals surface area contributed by atoms with Crippen molar-refractivity contribution < 1.29 is 0 Å². The third kappa shape index (κ3) is 3.17. The minimum absolute atomic E-state index is 0.349. The minimum atomic E-state index is 0.349. The second-order valence-electron chi connectivity index (χ2n) is 5.70. The second-order valence-corrected chi connectivity index (χ2v) is 5.70. The van der Waals surface area contributed by atoms with Gasteiger partial charge in [-0.15, -0.1) is 0 Å². The van der Waals surface area contributed by atoms with E-state index < -0.39 is 0 Å². The number of benzene rings is 2. The maximum absolute atomic E-state index is 3.50. The summed E-state index contributed by atoms with van der Waals surface area (Å²) in [7, 11) is 0. The molecule has 2 nitrogen and oxygen atoms in total. The van der Waals surface area contributed by atoms with Crippen LogP contribution in [-0.4, -0.2) is 30.6 Å². The van der Waals surface area contributed by atoms with E-state index in [0.717, 1.165) is 19.6 Å². The Hall–Kier alpha value is -1.64. The van der Waals surface area contributed by atoms with Gasteiger partial charge in [0.1, 0.15) is 0 Å². The largest absolute Gasteiger partial charge is 0.315 e. The van der Waals surface area contributed by atoms with Crippen molar-refractivity contribution in [3.8, 4) is 0 Å². The van der Waals surface area contributed by atoms with E-state index in [1.165, 1.54) is 17.5 Å². The van der Waals surface area contributed by atoms with Crippen LogP contribution in [0.1, 0.15) is 30.5 Å². The molecule has 0 bridgehead atoms. The SMILES string of the molecule is CCN(C1CCNC1)C(c1ccccc1)c1ccccc1. The maximum atomic E-state index is 3.50. The molecule has 2 aromatic carbocycles. The van der Waals surface area contributed by atoms with Gasteiger partial charge in [-0.1, -0.05) is 67.6 Å². The highest BCUT2D eigenvalue weighted by atomic mass is 15.2. The molecule has 0 saturated carbocycles. The fraction of sp³-hybridized carbons (Fsp3) is 0.368. The lowest BCUT2D eigenvalue weighted by Gasteiger charge is -2.36. The Bertz CT molecular complexity index is 493. The summed E-state index contributed by atoms with van der Waals surface area (Å²) < 4.78 is 0. The lowest BCUT2D eigenvalue weighted by molar-refractivity contribution is 0.175. The molecular formula is C19H24N2. The van der Waals surface area contributed by atoms with Crippen LogP contribution < -0.4 is 5.32 Å². The van der Waals surface area contributed by atoms with Gasteiger partial charge in [0.25, 0.3) is 0 Å². The molecule has 2 aromatic rings. The normalized spacial score (nSPS) is 18.5. The molecule has 1 unspecified atom stereocenters. The molecule has 1 heterocycles. The first kappa shape index (κ1) is 14.3. The summed E-state index contributed by atoms with van der Waals surface area (Å²) in [6.07, 6.45) is 1.24. The van der Waals surface area contributed by atoms with Gasteiger partial charge in [-0.25, -0.2) is 0 Å². The van der Waals surface area contributed by atoms with Crippen LogP contribution in [0.5, 0.6) is 0 Å². The first-order valence-corrected chi connectivity index (χ1v) is 7.96. The van der Waals surface area contributed by atoms with Crippen molar-refractivity contribution in [1.29, 1.82) is 0 Å². The number of nitrogens with one attached hydrogen (secondary N) is 1. The Morgan fingerprint density at radius 1 is 1.00 bits per heavy atom. The minimum Gasteiger partial charge on any atom is -0.315 e. The second kappa shape index (κ2) is 6.88. The van der Waals surface area contributed by atoms with Crippen molar-refractivity contribution >= 4 is 0 Å². The molecule has 110 valence electrons. The third-order valence-electron chi connectivity index (χ3n) is 4.43. The Morgan fingerprint density at radius 2 is 1.57 bits per heavy atom. The number of hydrogen-bond donors (Lipinski definition) is 1. The van der Waals surface area contributed by atoms with Crippen molar-refractivity contribution in [3.05, 3.63) is 71.8 Å². The molecule has 2 heteroatoms. The molecule has 0 amide bonds. The molecule has 1 aliphatic rings. The van der Waals surface area contributed by atoms with E-state index in [1.807, 2.05) is 0 Å². The van der Waals surface area contributed by atoms with Crippen LogP contribution >= 0.6 is 0 Å². The molecule has 3 rings (SSSR count). The maximum Gasteiger partial charge on any atom is 0.0604 e. The van der Waals surface area contributed by atoms with E-state index in [2.05, 4.69) is 77.8 Å². The highest BCUT2D eigenvalue weighted by Gasteiger charge is 2.29. The van der Waals surface area contributed by atoms with E-state index in [4.69, 9.17) is 0 Å². The van der Waals surface area contributed by atoms with E-state index >= 15 is 0 Å². The van der Waals surface area contributed by atoms with Crippen LogP contribution in [0.3, 0.4) is 0 Å². The van der Waals surface area contributed by atoms with Gasteiger partial charge in [-0.05, 0) is 30.6 Å². The van der Waals surface area contributed by atoms with Crippen LogP contribution in [0.2, 0.25) is 0 Å². The summed E-state index contributed by atoms with van der Waals surface area (Å²) >= 11 is 0. The molecule has 1 saturated heterocycles. The molecule has 0 spiro atoms. The smallest absolute Gasteiger partial charge is 0.0604 e. The van der Waals surface area contributed by atoms with Gasteiger partial charge in [0, 0.05) is 12.6 Å². The summed E-state index contributed by atoms with van der Waals surface area (Å²) in [5.41, 5.74) is 2.77. The molecule has 1 N–H and O–H groups in total. The Kier molecular flexibility index (Phi) is 4.69. The van der Waals surface area contributed by atoms with Gasteiger partial charge in [0.15, 0.2) is 0 Å². The summed E-state index contributed by atoms with van der Waals surface area (Å²) in [6.45, 7) is 5.58. The quantitative estimate of drug-likeness (QED) is 0.902. The van der Waals surface area contributed by atoms with Gasteiger partial charge < -0.3 is 5.32 Å². The third-order valence-corrected chi connectivity index (χ3v) is 4.43. The van der Waals surface area contributed by atoms with Gasteiger partial charge >= 0.3 is 0 Å². The molecule has 1 atom stereocenters. The predicted molar refractivity (Wildman–Crippen MR) is 88.4 cm³/mol. The fourth-order valence-corrected chi connectivity index (χ4v) is 3.42. The zero-order valence-electron chi connectivity index (χ0n) is 12.7. The highest BCUT2D eigenvalue weighted by molar-refractivity contribution is 5.32. The Balaban J connectivity index is 1.98. The Morgan fingerprint density at radius 3 is 2.00 bits per heavy atom. The van der Waals surface area contributed by atoms with Crippen LogP contribution in [0.25, 0.3) is 0 Å². The van der Waals surface area contributed by atoms with Gasteiger partial charge in [0.05, 0.1) is 6.04 Å². The van der Waals surface area contributed by atoms with Crippen molar-refractivity contribution in [2.45, 2.75) is 25.4 Å². The first-order chi connectivity index (χ1) is 10.4. The van der Waals surface area contributed by atoms with Crippen molar-refractivity contribution in [3.63, 3.8) is 0 Å². The fourth-order valence-electron chi connectivity index (χ4n) is 3.42. The molecule has 21 heavy (non-hydrogen) atoms. The average Bonchev–Trinajstić information content (AvgIpc) is 3.08. The summed E-state index contributed by atoms with van der Waals surface area (Å²) in [5.74, 6) is 0. The average molecular weight is 280 g/mol. The number of rotatable bonds is 5. The molecule has 0 radical (unpaired) electrons. The molecule has 1 fully saturated rings. The van der Waals surface area contributed by atoms with Gasteiger partial charge in [-0.2, -0.15) is 0 Å². The summed E-state index contributed by atoms with van der Waals surface area (Å²) in [5, 5.41) is 3.50. The predicted octanol–water partition coefficient (Wildman–Crippen LogP) is 3.46. The van der Waals surface area contributed by atoms with E-state index in [-0.39, 0.29) is 0 Å². The molecule has 0 aromatic heterocycles. The summed E-state index contributed by atoms with van der Waals surface area (Å²) in [4.78, 5) is 2.64. The van der Waals surface area contributed by atoms with Crippen molar-refractivity contribution in [2.24, 2.45) is 0 Å². The summed E-state index contributed by atoms with van der Waals surface area (Å²) in [6, 6.07) is 22.8. The highest BCUT2D eigenvalue weighted by Crippen LogP contribution is 2.31. The first-order valence-electron chi connectivity index (χ1n) is 7.96. The van der Waals surface area contributed by atoms with Crippen LogP contribution in [0.15, 0.2) is 60.7 Å². The van der Waals surface area contributed by atoms with E-state index in [9.17, 15) is 0 Å². The van der Waals surface area contributed by atoms with Crippen LogP contribution in [-0.2, 0) is 0 Å². The van der Waals surface area contributed by atoms with E-state index in [0.29, 0.717) is 12.1 Å². The lowest BCUT2D eigenvalue weighted by Crippen LogP contribution is -2.40. The number of nitrogens with zero attached hydrogens (tertiary/aromatic N) is 1. The topological polar surface area (TPSA) is 15.3 Å². The molecular weight excluding hydrogens is 256 g/mol. The van der Waals surface area contributed by atoms with Gasteiger partial charge in [0.2, 0.25) is 0 Å². The monoisotopic (exact) mass is 280 g/mol. The standard InChI is InChI=1S/C19H24N2/c1-2-21(18-13-14-20-15-18)19(16-9-5-3-6-10-16)17-11-7-4-8-12-17/h3-12,18-20H,2,13-15H2,1H3. The zero-order valence-corrected chi connectivity index (χ0v) is 12.7. The molecule has 1 aliphatic heterocycles. The van der Waals surface area contributed by atoms with Crippen LogP contribution in [0, 0.1) is 0 Å². The number of hydrogen-bond acceptors (Lipinski definition) is 2. The van der Waals surface area contributed by atoms with E-state index in [1.54, 1.807) is 0 Å². The Labute approximate surface area is 127 Å². The van der Waals surface area contributed by atoms with Crippen molar-refractivity contribution in [1.82, 2.24) is 10.2 Å². The van der Waals surface area contributed by atoms with Crippen molar-refractivity contribution in [2.75, 3.05) is 19.6 Å². The molecule has 0 aliphatic carbocycles. The van der Waals surface area contributed by atoms with Gasteiger partial charge in [-0.3, -0.25) is 4.90 Å². The van der Waals surface area contributed by atoms with Crippen LogP contribution in [0.4, 0.5) is 0 Å². The number of likely N-dealkylation sites (N-methyl/N-ethyl adjacent to an activating group) is 1. The zero-order chi connectivity index (χ0) is 14.5.